The summed E-state index contributed by atoms with van der Waals surface area (Å²) in [6.07, 6.45) is 1.69. The molecule has 1 aliphatic rings. The van der Waals surface area contributed by atoms with Gasteiger partial charge in [0.05, 0.1) is 6.42 Å². The Morgan fingerprint density at radius 2 is 2.12 bits per heavy atom. The van der Waals surface area contributed by atoms with Gasteiger partial charge in [-0.2, -0.15) is 0 Å². The van der Waals surface area contributed by atoms with E-state index in [0.29, 0.717) is 31.6 Å². The number of amides is 1. The molecule has 1 saturated heterocycles. The number of carbonyl (C=O) groups is 2. The van der Waals surface area contributed by atoms with E-state index in [1.807, 2.05) is 41.8 Å². The summed E-state index contributed by atoms with van der Waals surface area (Å²) in [7, 11) is 0. The van der Waals surface area contributed by atoms with Crippen molar-refractivity contribution in [1.29, 1.82) is 0 Å². The standard InChI is InChI=1S/C19H20NO3S/c1-2-17(18-9-5-11-24-18)23-16-8-3-6-14(12-16)20-10-4-7-15(21)13-19(20)22/h3,5-6,8-9,11-12,17H,1-2,4,7,10,13H2/t17-/m0/s1. The van der Waals surface area contributed by atoms with Crippen molar-refractivity contribution in [2.45, 2.75) is 31.8 Å². The summed E-state index contributed by atoms with van der Waals surface area (Å²) in [5.41, 5.74) is 0.779. The zero-order valence-electron chi connectivity index (χ0n) is 13.4. The zero-order valence-corrected chi connectivity index (χ0v) is 14.3. The Morgan fingerprint density at radius 3 is 2.88 bits per heavy atom. The van der Waals surface area contributed by atoms with Crippen LogP contribution in [0.2, 0.25) is 0 Å². The second-order valence-electron chi connectivity index (χ2n) is 5.77. The maximum atomic E-state index is 12.3. The van der Waals surface area contributed by atoms with Crippen molar-refractivity contribution in [3.05, 3.63) is 53.6 Å². The SMILES string of the molecule is [CH2]C[C@H](Oc1cccc(N2CCCC(=O)CC2=O)c1)c1cccs1. The third kappa shape index (κ3) is 3.85. The number of nitrogens with zero attached hydrogens (tertiary/aromatic N) is 1. The number of hydrogen-bond donors (Lipinski definition) is 0. The van der Waals surface area contributed by atoms with E-state index in [1.165, 1.54) is 0 Å². The van der Waals surface area contributed by atoms with E-state index in [4.69, 9.17) is 4.74 Å². The normalized spacial score (nSPS) is 16.8. The van der Waals surface area contributed by atoms with Crippen LogP contribution in [0.15, 0.2) is 41.8 Å². The highest BCUT2D eigenvalue weighted by atomic mass is 32.1. The molecule has 4 nitrogen and oxygen atoms in total. The largest absolute Gasteiger partial charge is 0.485 e. The molecule has 0 N–H and O–H groups in total. The van der Waals surface area contributed by atoms with Gasteiger partial charge in [-0.15, -0.1) is 11.3 Å². The second kappa shape index (κ2) is 7.62. The molecule has 0 bridgehead atoms. The lowest BCUT2D eigenvalue weighted by Gasteiger charge is -2.22. The molecule has 5 heteroatoms. The van der Waals surface area contributed by atoms with Crippen LogP contribution in [0.3, 0.4) is 0 Å². The van der Waals surface area contributed by atoms with Gasteiger partial charge in [-0.1, -0.05) is 12.1 Å². The van der Waals surface area contributed by atoms with Crippen molar-refractivity contribution in [3.8, 4) is 5.75 Å². The third-order valence-corrected chi connectivity index (χ3v) is 4.98. The number of rotatable bonds is 5. The highest BCUT2D eigenvalue weighted by molar-refractivity contribution is 7.10. The smallest absolute Gasteiger partial charge is 0.234 e. The molecule has 1 radical (unpaired) electrons. The molecule has 24 heavy (non-hydrogen) atoms. The first-order chi connectivity index (χ1) is 11.7. The van der Waals surface area contributed by atoms with Crippen molar-refractivity contribution >= 4 is 28.7 Å². The molecule has 1 fully saturated rings. The first-order valence-electron chi connectivity index (χ1n) is 8.09. The van der Waals surface area contributed by atoms with Crippen LogP contribution >= 0.6 is 11.3 Å². The van der Waals surface area contributed by atoms with Crippen LogP contribution in [-0.2, 0) is 9.59 Å². The van der Waals surface area contributed by atoms with Crippen molar-refractivity contribution in [3.63, 3.8) is 0 Å². The Balaban J connectivity index is 1.78. The Hall–Kier alpha value is -2.14. The molecular weight excluding hydrogens is 322 g/mol. The second-order valence-corrected chi connectivity index (χ2v) is 6.75. The molecule has 125 valence electrons. The average Bonchev–Trinajstić information content (AvgIpc) is 3.05. The maximum Gasteiger partial charge on any atom is 0.234 e. The first-order valence-corrected chi connectivity index (χ1v) is 8.97. The molecule has 0 unspecified atom stereocenters. The molecule has 1 aromatic heterocycles. The van der Waals surface area contributed by atoms with Gasteiger partial charge in [0, 0.05) is 29.6 Å². The monoisotopic (exact) mass is 342 g/mol. The van der Waals surface area contributed by atoms with Gasteiger partial charge in [-0.25, -0.2) is 0 Å². The predicted octanol–water partition coefficient (Wildman–Crippen LogP) is 4.18. The first kappa shape index (κ1) is 16.7. The van der Waals surface area contributed by atoms with Crippen molar-refractivity contribution in [2.75, 3.05) is 11.4 Å². The molecule has 1 aliphatic heterocycles. The number of anilines is 1. The molecule has 2 heterocycles. The minimum Gasteiger partial charge on any atom is -0.485 e. The Bertz CT molecular complexity index is 711. The number of ether oxygens (including phenoxy) is 1. The molecule has 1 aromatic carbocycles. The van der Waals surface area contributed by atoms with Gasteiger partial charge in [0.15, 0.2) is 0 Å². The molecule has 1 atom stereocenters. The fraction of sp³-hybridized carbons (Fsp3) is 0.316. The third-order valence-electron chi connectivity index (χ3n) is 4.02. The number of ketones is 1. The summed E-state index contributed by atoms with van der Waals surface area (Å²) >= 11 is 1.64. The molecule has 2 aromatic rings. The van der Waals surface area contributed by atoms with Gasteiger partial charge in [-0.05, 0) is 43.3 Å². The van der Waals surface area contributed by atoms with E-state index in [2.05, 4.69) is 6.92 Å². The highest BCUT2D eigenvalue weighted by Crippen LogP contribution is 2.30. The minimum atomic E-state index is -0.137. The van der Waals surface area contributed by atoms with E-state index in [0.717, 1.165) is 10.6 Å². The van der Waals surface area contributed by atoms with Gasteiger partial charge in [-0.3, -0.25) is 9.59 Å². The van der Waals surface area contributed by atoms with Crippen LogP contribution in [0.25, 0.3) is 0 Å². The van der Waals surface area contributed by atoms with Crippen LogP contribution in [0.1, 0.15) is 36.7 Å². The summed E-state index contributed by atoms with van der Waals surface area (Å²) in [6, 6.07) is 11.5. The van der Waals surface area contributed by atoms with Gasteiger partial charge in [0.2, 0.25) is 5.91 Å². The lowest BCUT2D eigenvalue weighted by atomic mass is 10.2. The van der Waals surface area contributed by atoms with Crippen LogP contribution in [-0.4, -0.2) is 18.2 Å². The Labute approximate surface area is 146 Å². The molecular formula is C19H20NO3S. The summed E-state index contributed by atoms with van der Waals surface area (Å²) in [6.45, 7) is 4.53. The van der Waals surface area contributed by atoms with E-state index in [1.54, 1.807) is 16.2 Å². The van der Waals surface area contributed by atoms with Gasteiger partial charge in [0.1, 0.15) is 17.6 Å². The predicted molar refractivity (Wildman–Crippen MR) is 95.3 cm³/mol. The van der Waals surface area contributed by atoms with Gasteiger partial charge < -0.3 is 9.64 Å². The molecule has 3 rings (SSSR count). The summed E-state index contributed by atoms with van der Waals surface area (Å²) in [5, 5.41) is 2.02. The van der Waals surface area contributed by atoms with Crippen LogP contribution in [0.5, 0.6) is 5.75 Å². The van der Waals surface area contributed by atoms with Gasteiger partial charge >= 0.3 is 0 Å². The molecule has 0 spiro atoms. The number of Topliss-reactive ketones (excluding diaryl/α,β-unsaturated/α-hetero) is 1. The van der Waals surface area contributed by atoms with Crippen molar-refractivity contribution in [1.82, 2.24) is 0 Å². The van der Waals surface area contributed by atoms with Crippen LogP contribution in [0.4, 0.5) is 5.69 Å². The fourth-order valence-corrected chi connectivity index (χ4v) is 3.60. The highest BCUT2D eigenvalue weighted by Gasteiger charge is 2.23. The molecule has 0 saturated carbocycles. The average molecular weight is 342 g/mol. The topological polar surface area (TPSA) is 46.6 Å². The lowest BCUT2D eigenvalue weighted by Crippen LogP contribution is -2.30. The summed E-state index contributed by atoms with van der Waals surface area (Å²) < 4.78 is 6.07. The van der Waals surface area contributed by atoms with Crippen LogP contribution in [0, 0.1) is 6.92 Å². The number of thiophene rings is 1. The molecule has 1 amide bonds. The fourth-order valence-electron chi connectivity index (χ4n) is 2.81. The van der Waals surface area contributed by atoms with E-state index in [-0.39, 0.29) is 24.2 Å². The summed E-state index contributed by atoms with van der Waals surface area (Å²) in [5.74, 6) is 0.587. The Kier molecular flexibility index (Phi) is 5.30. The maximum absolute atomic E-state index is 12.3. The van der Waals surface area contributed by atoms with E-state index >= 15 is 0 Å². The number of benzene rings is 1. The van der Waals surface area contributed by atoms with Gasteiger partial charge in [0.25, 0.3) is 0 Å². The van der Waals surface area contributed by atoms with Crippen molar-refractivity contribution < 1.29 is 14.3 Å². The minimum absolute atomic E-state index is 0.0121. The lowest BCUT2D eigenvalue weighted by molar-refractivity contribution is -0.125. The van der Waals surface area contributed by atoms with E-state index in [9.17, 15) is 9.59 Å². The summed E-state index contributed by atoms with van der Waals surface area (Å²) in [4.78, 5) is 26.6. The zero-order chi connectivity index (χ0) is 16.9. The molecule has 0 aliphatic carbocycles. The van der Waals surface area contributed by atoms with Crippen molar-refractivity contribution in [2.24, 2.45) is 0 Å². The van der Waals surface area contributed by atoms with E-state index < -0.39 is 0 Å². The quantitative estimate of drug-likeness (QED) is 0.766. The number of carbonyl (C=O) groups excluding carboxylic acids is 2. The van der Waals surface area contributed by atoms with Crippen LogP contribution < -0.4 is 9.64 Å². The Morgan fingerprint density at radius 1 is 1.25 bits per heavy atom. The number of hydrogen-bond acceptors (Lipinski definition) is 4.